The fraction of sp³-hybridized carbons (Fsp3) is 0.615. The summed E-state index contributed by atoms with van der Waals surface area (Å²) < 4.78 is 5.16. The van der Waals surface area contributed by atoms with Gasteiger partial charge in [0.2, 0.25) is 5.76 Å². The minimum atomic E-state index is -1.02. The maximum Gasteiger partial charge on any atom is 0.371 e. The number of hydrogen-bond donors (Lipinski definition) is 2. The van der Waals surface area contributed by atoms with Crippen LogP contribution in [0, 0.1) is 6.92 Å². The third-order valence-electron chi connectivity index (χ3n) is 2.86. The molecular formula is C13H21NO3. The van der Waals surface area contributed by atoms with Gasteiger partial charge in [0.1, 0.15) is 5.76 Å². The molecule has 0 aliphatic carbocycles. The Morgan fingerprint density at radius 3 is 2.65 bits per heavy atom. The first-order valence-electron chi connectivity index (χ1n) is 5.93. The van der Waals surface area contributed by atoms with Gasteiger partial charge in [-0.1, -0.05) is 13.3 Å². The van der Waals surface area contributed by atoms with Gasteiger partial charge in [0, 0.05) is 17.6 Å². The monoisotopic (exact) mass is 239 g/mol. The van der Waals surface area contributed by atoms with E-state index in [1.54, 1.807) is 13.0 Å². The predicted molar refractivity (Wildman–Crippen MR) is 66.2 cm³/mol. The minimum Gasteiger partial charge on any atom is -0.475 e. The molecule has 96 valence electrons. The largest absolute Gasteiger partial charge is 0.475 e. The zero-order valence-corrected chi connectivity index (χ0v) is 11.0. The second-order valence-electron chi connectivity index (χ2n) is 4.98. The molecule has 0 fully saturated rings. The smallest absolute Gasteiger partial charge is 0.371 e. The molecular weight excluding hydrogens is 218 g/mol. The molecule has 0 spiro atoms. The van der Waals surface area contributed by atoms with Crippen LogP contribution in [0.1, 0.15) is 55.5 Å². The topological polar surface area (TPSA) is 62.5 Å². The molecule has 1 rings (SSSR count). The van der Waals surface area contributed by atoms with Crippen molar-refractivity contribution in [2.24, 2.45) is 0 Å². The number of aryl methyl sites for hydroxylation is 1. The zero-order chi connectivity index (χ0) is 13.1. The van der Waals surface area contributed by atoms with Crippen LogP contribution in [-0.2, 0) is 6.54 Å². The molecule has 0 atom stereocenters. The minimum absolute atomic E-state index is 0.00703. The summed E-state index contributed by atoms with van der Waals surface area (Å²) in [6.45, 7) is 8.86. The van der Waals surface area contributed by atoms with E-state index in [1.807, 2.05) is 0 Å². The molecule has 1 aromatic heterocycles. The molecule has 4 heteroatoms. The number of aromatic carboxylic acids is 1. The predicted octanol–water partition coefficient (Wildman–Crippen LogP) is 2.95. The highest BCUT2D eigenvalue weighted by Gasteiger charge is 2.18. The number of hydrogen-bond acceptors (Lipinski definition) is 3. The second kappa shape index (κ2) is 5.36. The van der Waals surface area contributed by atoms with Crippen LogP contribution < -0.4 is 5.32 Å². The Bertz CT molecular complexity index is 393. The zero-order valence-electron chi connectivity index (χ0n) is 11.0. The fourth-order valence-electron chi connectivity index (χ4n) is 1.85. The molecule has 0 unspecified atom stereocenters. The lowest BCUT2D eigenvalue weighted by atomic mass is 9.98. The molecule has 17 heavy (non-hydrogen) atoms. The number of furan rings is 1. The van der Waals surface area contributed by atoms with E-state index in [9.17, 15) is 4.79 Å². The van der Waals surface area contributed by atoms with Crippen molar-refractivity contribution in [2.75, 3.05) is 0 Å². The average molecular weight is 239 g/mol. The highest BCUT2D eigenvalue weighted by Crippen LogP contribution is 2.17. The summed E-state index contributed by atoms with van der Waals surface area (Å²) in [5.41, 5.74) is 0.966. The number of carboxylic acids is 1. The first-order valence-corrected chi connectivity index (χ1v) is 5.93. The Labute approximate surface area is 102 Å². The Morgan fingerprint density at radius 2 is 2.18 bits per heavy atom. The second-order valence-corrected chi connectivity index (χ2v) is 4.98. The Balaban J connectivity index is 2.66. The molecule has 0 saturated heterocycles. The summed E-state index contributed by atoms with van der Waals surface area (Å²) in [6.07, 6.45) is 2.19. The summed E-state index contributed by atoms with van der Waals surface area (Å²) in [6, 6.07) is 1.59. The summed E-state index contributed by atoms with van der Waals surface area (Å²) in [5, 5.41) is 12.2. The van der Waals surface area contributed by atoms with Gasteiger partial charge >= 0.3 is 5.97 Å². The van der Waals surface area contributed by atoms with Crippen LogP contribution in [0.4, 0.5) is 0 Å². The molecule has 1 aromatic rings. The number of rotatable bonds is 6. The summed E-state index contributed by atoms with van der Waals surface area (Å²) >= 11 is 0. The molecule has 0 radical (unpaired) electrons. The van der Waals surface area contributed by atoms with Crippen LogP contribution in [0.5, 0.6) is 0 Å². The van der Waals surface area contributed by atoms with Crippen molar-refractivity contribution in [3.05, 3.63) is 23.2 Å². The van der Waals surface area contributed by atoms with Gasteiger partial charge in [0.25, 0.3) is 0 Å². The maximum atomic E-state index is 10.8. The summed E-state index contributed by atoms with van der Waals surface area (Å²) in [5.74, 6) is -0.345. The molecule has 0 amide bonds. The van der Waals surface area contributed by atoms with Crippen LogP contribution in [0.3, 0.4) is 0 Å². The Hall–Kier alpha value is -1.29. The van der Waals surface area contributed by atoms with Crippen LogP contribution in [-0.4, -0.2) is 16.6 Å². The van der Waals surface area contributed by atoms with Crippen molar-refractivity contribution in [3.63, 3.8) is 0 Å². The Kier molecular flexibility index (Phi) is 4.34. The van der Waals surface area contributed by atoms with E-state index in [2.05, 4.69) is 26.1 Å². The highest BCUT2D eigenvalue weighted by atomic mass is 16.4. The van der Waals surface area contributed by atoms with Crippen LogP contribution in [0.15, 0.2) is 10.5 Å². The van der Waals surface area contributed by atoms with Gasteiger partial charge < -0.3 is 14.8 Å². The molecule has 0 bridgehead atoms. The van der Waals surface area contributed by atoms with Gasteiger partial charge in [-0.25, -0.2) is 4.79 Å². The van der Waals surface area contributed by atoms with E-state index in [4.69, 9.17) is 9.52 Å². The molecule has 2 N–H and O–H groups in total. The van der Waals surface area contributed by atoms with Crippen molar-refractivity contribution in [1.29, 1.82) is 0 Å². The van der Waals surface area contributed by atoms with Gasteiger partial charge in [0.05, 0.1) is 0 Å². The lowest BCUT2D eigenvalue weighted by Gasteiger charge is -2.25. The summed E-state index contributed by atoms with van der Waals surface area (Å²) in [4.78, 5) is 10.8. The fourth-order valence-corrected chi connectivity index (χ4v) is 1.85. The van der Waals surface area contributed by atoms with Gasteiger partial charge in [-0.15, -0.1) is 0 Å². The standard InChI is InChI=1S/C13H21NO3/c1-5-6-13(3,4)14-8-10-7-11(12(15)16)17-9(10)2/h7,14H,5-6,8H2,1-4H3,(H,15,16). The maximum absolute atomic E-state index is 10.8. The van der Waals surface area contributed by atoms with Gasteiger partial charge in [-0.05, 0) is 33.3 Å². The molecule has 4 nitrogen and oxygen atoms in total. The van der Waals surface area contributed by atoms with Crippen molar-refractivity contribution in [2.45, 2.75) is 52.6 Å². The summed E-state index contributed by atoms with van der Waals surface area (Å²) in [7, 11) is 0. The molecule has 0 aliphatic heterocycles. The van der Waals surface area contributed by atoms with E-state index < -0.39 is 5.97 Å². The molecule has 1 heterocycles. The van der Waals surface area contributed by atoms with Crippen molar-refractivity contribution in [3.8, 4) is 0 Å². The highest BCUT2D eigenvalue weighted by molar-refractivity contribution is 5.84. The first-order chi connectivity index (χ1) is 7.85. The molecule has 0 saturated carbocycles. The van der Waals surface area contributed by atoms with E-state index in [0.717, 1.165) is 18.4 Å². The van der Waals surface area contributed by atoms with E-state index >= 15 is 0 Å². The van der Waals surface area contributed by atoms with E-state index in [1.165, 1.54) is 0 Å². The third kappa shape index (κ3) is 3.89. The van der Waals surface area contributed by atoms with Gasteiger partial charge in [-0.2, -0.15) is 0 Å². The third-order valence-corrected chi connectivity index (χ3v) is 2.86. The van der Waals surface area contributed by atoms with E-state index in [0.29, 0.717) is 12.3 Å². The van der Waals surface area contributed by atoms with Crippen LogP contribution >= 0.6 is 0 Å². The van der Waals surface area contributed by atoms with E-state index in [-0.39, 0.29) is 11.3 Å². The van der Waals surface area contributed by atoms with Gasteiger partial charge in [0.15, 0.2) is 0 Å². The van der Waals surface area contributed by atoms with Crippen molar-refractivity contribution < 1.29 is 14.3 Å². The lowest BCUT2D eigenvalue weighted by Crippen LogP contribution is -2.38. The van der Waals surface area contributed by atoms with Gasteiger partial charge in [-0.3, -0.25) is 0 Å². The first kappa shape index (κ1) is 13.8. The normalized spacial score (nSPS) is 11.8. The van der Waals surface area contributed by atoms with Crippen molar-refractivity contribution >= 4 is 5.97 Å². The SMILES string of the molecule is CCCC(C)(C)NCc1cc(C(=O)O)oc1C. The number of carbonyl (C=O) groups is 1. The van der Waals surface area contributed by atoms with Crippen LogP contribution in [0.25, 0.3) is 0 Å². The van der Waals surface area contributed by atoms with Crippen LogP contribution in [0.2, 0.25) is 0 Å². The number of nitrogens with one attached hydrogen (secondary N) is 1. The molecule has 0 aromatic carbocycles. The average Bonchev–Trinajstić information content (AvgIpc) is 2.57. The Morgan fingerprint density at radius 1 is 1.53 bits per heavy atom. The quantitative estimate of drug-likeness (QED) is 0.801. The lowest BCUT2D eigenvalue weighted by molar-refractivity contribution is 0.0661. The number of carboxylic acid groups (broad SMARTS) is 1. The van der Waals surface area contributed by atoms with Crippen molar-refractivity contribution in [1.82, 2.24) is 5.32 Å². The molecule has 0 aliphatic rings.